The lowest BCUT2D eigenvalue weighted by atomic mass is 9.75. The number of amides is 2. The standard InChI is InChI=1S/C23H30N4O2/c1-17-13-18(2)27(24-17)16-21(28)26-11-9-23(10-12-26)15-20(25(3)22(23)29)14-19-7-5-4-6-8-19/h4-8,13,20H,9-12,14-16H2,1-3H3/t20-/m1/s1. The Kier molecular flexibility index (Phi) is 5.19. The molecule has 1 aromatic carbocycles. The molecule has 2 aliphatic rings. The fraction of sp³-hybridized carbons (Fsp3) is 0.522. The Bertz CT molecular complexity index is 897. The van der Waals surface area contributed by atoms with Crippen LogP contribution in [0.2, 0.25) is 0 Å². The molecule has 0 N–H and O–H groups in total. The highest BCUT2D eigenvalue weighted by Crippen LogP contribution is 2.44. The van der Waals surface area contributed by atoms with Crippen LogP contribution in [0.4, 0.5) is 0 Å². The van der Waals surface area contributed by atoms with Gasteiger partial charge in [0.05, 0.1) is 11.1 Å². The molecule has 3 heterocycles. The highest BCUT2D eigenvalue weighted by Gasteiger charge is 2.51. The van der Waals surface area contributed by atoms with E-state index in [2.05, 4.69) is 29.4 Å². The topological polar surface area (TPSA) is 58.4 Å². The highest BCUT2D eigenvalue weighted by molar-refractivity contribution is 5.86. The Morgan fingerprint density at radius 1 is 1.17 bits per heavy atom. The number of rotatable bonds is 4. The van der Waals surface area contributed by atoms with Gasteiger partial charge in [-0.1, -0.05) is 30.3 Å². The molecular formula is C23H30N4O2. The van der Waals surface area contributed by atoms with Gasteiger partial charge in [-0.05, 0) is 51.2 Å². The fourth-order valence-electron chi connectivity index (χ4n) is 4.98. The maximum absolute atomic E-state index is 13.1. The number of nitrogens with zero attached hydrogens (tertiary/aromatic N) is 4. The largest absolute Gasteiger partial charge is 0.342 e. The van der Waals surface area contributed by atoms with E-state index in [1.165, 1.54) is 5.56 Å². The molecule has 6 nitrogen and oxygen atoms in total. The number of likely N-dealkylation sites (N-methyl/N-ethyl adjacent to an activating group) is 1. The van der Waals surface area contributed by atoms with Crippen LogP contribution in [0.5, 0.6) is 0 Å². The van der Waals surface area contributed by atoms with Crippen molar-refractivity contribution in [1.82, 2.24) is 19.6 Å². The molecule has 2 aromatic rings. The van der Waals surface area contributed by atoms with Crippen LogP contribution in [0.3, 0.4) is 0 Å². The monoisotopic (exact) mass is 394 g/mol. The Balaban J connectivity index is 1.38. The maximum atomic E-state index is 13.1. The van der Waals surface area contributed by atoms with E-state index in [0.29, 0.717) is 13.1 Å². The first kappa shape index (κ1) is 19.7. The van der Waals surface area contributed by atoms with Crippen molar-refractivity contribution in [2.24, 2.45) is 5.41 Å². The Labute approximate surface area is 172 Å². The number of piperidine rings is 1. The molecule has 154 valence electrons. The van der Waals surface area contributed by atoms with Crippen LogP contribution < -0.4 is 0 Å². The molecule has 2 aliphatic heterocycles. The first-order chi connectivity index (χ1) is 13.9. The molecule has 6 heteroatoms. The van der Waals surface area contributed by atoms with E-state index >= 15 is 0 Å². The van der Waals surface area contributed by atoms with Gasteiger partial charge in [-0.3, -0.25) is 14.3 Å². The van der Waals surface area contributed by atoms with Gasteiger partial charge < -0.3 is 9.80 Å². The van der Waals surface area contributed by atoms with Crippen molar-refractivity contribution in [3.8, 4) is 0 Å². The number of likely N-dealkylation sites (tertiary alicyclic amines) is 2. The summed E-state index contributed by atoms with van der Waals surface area (Å²) in [5, 5.41) is 4.40. The second-order valence-electron chi connectivity index (χ2n) is 8.71. The summed E-state index contributed by atoms with van der Waals surface area (Å²) in [5.41, 5.74) is 2.90. The lowest BCUT2D eigenvalue weighted by Crippen LogP contribution is -2.47. The van der Waals surface area contributed by atoms with Crippen molar-refractivity contribution in [1.29, 1.82) is 0 Å². The second-order valence-corrected chi connectivity index (χ2v) is 8.71. The molecule has 1 atom stereocenters. The summed E-state index contributed by atoms with van der Waals surface area (Å²) < 4.78 is 1.77. The molecule has 0 unspecified atom stereocenters. The summed E-state index contributed by atoms with van der Waals surface area (Å²) in [4.78, 5) is 29.7. The van der Waals surface area contributed by atoms with Gasteiger partial charge in [-0.15, -0.1) is 0 Å². The van der Waals surface area contributed by atoms with Gasteiger partial charge >= 0.3 is 0 Å². The third kappa shape index (κ3) is 3.80. The summed E-state index contributed by atoms with van der Waals surface area (Å²) >= 11 is 0. The maximum Gasteiger partial charge on any atom is 0.244 e. The molecule has 0 bridgehead atoms. The molecule has 1 aromatic heterocycles. The van der Waals surface area contributed by atoms with Gasteiger partial charge in [0.25, 0.3) is 0 Å². The molecule has 4 rings (SSSR count). The van der Waals surface area contributed by atoms with E-state index in [1.54, 1.807) is 4.68 Å². The van der Waals surface area contributed by atoms with Crippen molar-refractivity contribution in [2.45, 2.75) is 52.1 Å². The average molecular weight is 395 g/mol. The van der Waals surface area contributed by atoms with Gasteiger partial charge in [0, 0.05) is 31.9 Å². The highest BCUT2D eigenvalue weighted by atomic mass is 16.2. The molecule has 2 fully saturated rings. The van der Waals surface area contributed by atoms with Crippen LogP contribution in [0.1, 0.15) is 36.2 Å². The average Bonchev–Trinajstić information content (AvgIpc) is 3.14. The lowest BCUT2D eigenvalue weighted by molar-refractivity contribution is -0.142. The third-order valence-electron chi connectivity index (χ3n) is 6.72. The second kappa shape index (κ2) is 7.65. The summed E-state index contributed by atoms with van der Waals surface area (Å²) in [6.07, 6.45) is 3.29. The van der Waals surface area contributed by atoms with Crippen LogP contribution in [0.25, 0.3) is 0 Å². The van der Waals surface area contributed by atoms with Crippen molar-refractivity contribution < 1.29 is 9.59 Å². The first-order valence-electron chi connectivity index (χ1n) is 10.5. The Hall–Kier alpha value is -2.63. The number of aromatic nitrogens is 2. The molecule has 0 radical (unpaired) electrons. The molecular weight excluding hydrogens is 364 g/mol. The zero-order chi connectivity index (χ0) is 20.6. The van der Waals surface area contributed by atoms with E-state index in [1.807, 2.05) is 42.8 Å². The lowest BCUT2D eigenvalue weighted by Gasteiger charge is -2.37. The third-order valence-corrected chi connectivity index (χ3v) is 6.72. The van der Waals surface area contributed by atoms with Crippen LogP contribution >= 0.6 is 0 Å². The normalized spacial score (nSPS) is 21.2. The zero-order valence-corrected chi connectivity index (χ0v) is 17.6. The van der Waals surface area contributed by atoms with Crippen molar-refractivity contribution in [3.63, 3.8) is 0 Å². The van der Waals surface area contributed by atoms with Gasteiger partial charge in [0.15, 0.2) is 0 Å². The van der Waals surface area contributed by atoms with Crippen molar-refractivity contribution >= 4 is 11.8 Å². The Morgan fingerprint density at radius 2 is 1.86 bits per heavy atom. The van der Waals surface area contributed by atoms with E-state index in [4.69, 9.17) is 0 Å². The molecule has 2 amide bonds. The van der Waals surface area contributed by atoms with E-state index in [9.17, 15) is 9.59 Å². The zero-order valence-electron chi connectivity index (χ0n) is 17.6. The molecule has 1 spiro atoms. The number of aryl methyl sites for hydroxylation is 2. The molecule has 29 heavy (non-hydrogen) atoms. The minimum Gasteiger partial charge on any atom is -0.342 e. The van der Waals surface area contributed by atoms with Gasteiger partial charge in [0.1, 0.15) is 6.54 Å². The van der Waals surface area contributed by atoms with Crippen LogP contribution in [0, 0.1) is 19.3 Å². The minimum absolute atomic E-state index is 0.0886. The number of benzene rings is 1. The predicted octanol–water partition coefficient (Wildman–Crippen LogP) is 2.58. The number of hydrogen-bond donors (Lipinski definition) is 0. The van der Waals surface area contributed by atoms with Crippen molar-refractivity contribution in [2.75, 3.05) is 20.1 Å². The smallest absolute Gasteiger partial charge is 0.244 e. The van der Waals surface area contributed by atoms with E-state index in [-0.39, 0.29) is 29.8 Å². The summed E-state index contributed by atoms with van der Waals surface area (Å²) in [6, 6.07) is 12.6. The van der Waals surface area contributed by atoms with E-state index in [0.717, 1.165) is 37.1 Å². The number of carbonyl (C=O) groups excluding carboxylic acids is 2. The quantitative estimate of drug-likeness (QED) is 0.801. The molecule has 2 saturated heterocycles. The van der Waals surface area contributed by atoms with Crippen LogP contribution in [0.15, 0.2) is 36.4 Å². The van der Waals surface area contributed by atoms with Gasteiger partial charge in [-0.2, -0.15) is 5.10 Å². The first-order valence-corrected chi connectivity index (χ1v) is 10.5. The summed E-state index contributed by atoms with van der Waals surface area (Å²) in [5.74, 6) is 0.342. The number of carbonyl (C=O) groups is 2. The van der Waals surface area contributed by atoms with E-state index < -0.39 is 0 Å². The summed E-state index contributed by atoms with van der Waals surface area (Å²) in [6.45, 7) is 5.48. The SMILES string of the molecule is Cc1cc(C)n(CC(=O)N2CCC3(CC2)C[C@@H](Cc2ccccc2)N(C)C3=O)n1. The number of hydrogen-bond acceptors (Lipinski definition) is 3. The van der Waals surface area contributed by atoms with Crippen molar-refractivity contribution in [3.05, 3.63) is 53.3 Å². The Morgan fingerprint density at radius 3 is 2.48 bits per heavy atom. The fourth-order valence-corrected chi connectivity index (χ4v) is 4.98. The van der Waals surface area contributed by atoms with Gasteiger partial charge in [-0.25, -0.2) is 0 Å². The molecule has 0 saturated carbocycles. The predicted molar refractivity (Wildman–Crippen MR) is 111 cm³/mol. The molecule has 0 aliphatic carbocycles. The van der Waals surface area contributed by atoms with Crippen LogP contribution in [-0.2, 0) is 22.6 Å². The summed E-state index contributed by atoms with van der Waals surface area (Å²) in [7, 11) is 1.94. The van der Waals surface area contributed by atoms with Gasteiger partial charge in [0.2, 0.25) is 11.8 Å². The minimum atomic E-state index is -0.302. The van der Waals surface area contributed by atoms with Crippen LogP contribution in [-0.4, -0.2) is 57.6 Å².